The van der Waals surface area contributed by atoms with Crippen LogP contribution < -0.4 is 5.32 Å². The summed E-state index contributed by atoms with van der Waals surface area (Å²) >= 11 is 13.8. The van der Waals surface area contributed by atoms with Crippen LogP contribution in [0.1, 0.15) is 27.2 Å². The summed E-state index contributed by atoms with van der Waals surface area (Å²) < 4.78 is 0. The summed E-state index contributed by atoms with van der Waals surface area (Å²) in [4.78, 5) is 1.05. The molecule has 1 aromatic rings. The van der Waals surface area contributed by atoms with Crippen LogP contribution in [0.25, 0.3) is 0 Å². The van der Waals surface area contributed by atoms with E-state index in [1.807, 2.05) is 18.2 Å². The lowest BCUT2D eigenvalue weighted by Crippen LogP contribution is -2.39. The van der Waals surface area contributed by atoms with Gasteiger partial charge in [0.1, 0.15) is 0 Å². The van der Waals surface area contributed by atoms with E-state index in [0.29, 0.717) is 0 Å². The van der Waals surface area contributed by atoms with Crippen LogP contribution in [-0.2, 0) is 0 Å². The third kappa shape index (κ3) is 5.52. The molecule has 1 N–H and O–H groups in total. The fourth-order valence-corrected chi connectivity index (χ4v) is 2.62. The molecule has 0 aromatic heterocycles. The lowest BCUT2D eigenvalue weighted by molar-refractivity contribution is 0.388. The molecule has 1 aromatic carbocycles. The van der Waals surface area contributed by atoms with Gasteiger partial charge in [0.15, 0.2) is 0 Å². The van der Waals surface area contributed by atoms with E-state index in [0.717, 1.165) is 33.7 Å². The number of rotatable bonds is 6. The first-order valence-corrected chi connectivity index (χ1v) is 7.51. The lowest BCUT2D eigenvalue weighted by atomic mass is 10.0. The monoisotopic (exact) mass is 291 g/mol. The summed E-state index contributed by atoms with van der Waals surface area (Å²) in [6.45, 7) is 7.58. The van der Waals surface area contributed by atoms with Crippen LogP contribution in [0.3, 0.4) is 0 Å². The van der Waals surface area contributed by atoms with Gasteiger partial charge in [-0.1, -0.05) is 30.1 Å². The van der Waals surface area contributed by atoms with Crippen LogP contribution in [0.2, 0.25) is 10.0 Å². The third-order valence-electron chi connectivity index (χ3n) is 2.74. The van der Waals surface area contributed by atoms with Gasteiger partial charge in [-0.3, -0.25) is 0 Å². The van der Waals surface area contributed by atoms with Crippen molar-refractivity contribution in [1.29, 1.82) is 0 Å². The Kier molecular flexibility index (Phi) is 6.14. The zero-order chi connectivity index (χ0) is 12.9. The normalized spacial score (nSPS) is 11.8. The van der Waals surface area contributed by atoms with E-state index in [2.05, 4.69) is 26.1 Å². The lowest BCUT2D eigenvalue weighted by Gasteiger charge is -2.24. The summed E-state index contributed by atoms with van der Waals surface area (Å²) in [6.07, 6.45) is 1.12. The third-order valence-corrected chi connectivity index (χ3v) is 4.47. The molecular weight excluding hydrogens is 273 g/mol. The largest absolute Gasteiger partial charge is 0.311 e. The van der Waals surface area contributed by atoms with Gasteiger partial charge < -0.3 is 5.32 Å². The van der Waals surface area contributed by atoms with Crippen LogP contribution in [-0.4, -0.2) is 17.8 Å². The summed E-state index contributed by atoms with van der Waals surface area (Å²) in [5, 5.41) is 5.02. The second-order valence-corrected chi connectivity index (χ2v) is 6.57. The molecule has 0 aliphatic carbocycles. The Hall–Kier alpha value is 0.110. The van der Waals surface area contributed by atoms with Gasteiger partial charge in [-0.15, -0.1) is 11.8 Å². The summed E-state index contributed by atoms with van der Waals surface area (Å²) in [5.41, 5.74) is 0.207. The van der Waals surface area contributed by atoms with Crippen molar-refractivity contribution >= 4 is 35.0 Å². The zero-order valence-electron chi connectivity index (χ0n) is 10.5. The molecule has 96 valence electrons. The molecule has 1 rings (SSSR count). The number of benzene rings is 1. The maximum Gasteiger partial charge on any atom is 0.0542 e. The molecular formula is C13H19Cl2NS. The highest BCUT2D eigenvalue weighted by Gasteiger charge is 2.12. The highest BCUT2D eigenvalue weighted by Crippen LogP contribution is 2.29. The van der Waals surface area contributed by atoms with Crippen LogP contribution in [0, 0.1) is 0 Å². The van der Waals surface area contributed by atoms with Gasteiger partial charge in [-0.2, -0.15) is 0 Å². The number of nitrogens with one attached hydrogen (secondary N) is 1. The molecule has 1 nitrogen and oxygen atoms in total. The first-order chi connectivity index (χ1) is 7.94. The molecule has 0 heterocycles. The average Bonchev–Trinajstić information content (AvgIpc) is 2.29. The van der Waals surface area contributed by atoms with Gasteiger partial charge in [-0.25, -0.2) is 0 Å². The van der Waals surface area contributed by atoms with Crippen molar-refractivity contribution in [1.82, 2.24) is 5.32 Å². The quantitative estimate of drug-likeness (QED) is 0.593. The standard InChI is InChI=1S/C13H19Cl2NS/c1-4-13(2,3)16-7-8-17-12-9-10(14)5-6-11(12)15/h5-6,9,16H,4,7-8H2,1-3H3. The topological polar surface area (TPSA) is 12.0 Å². The molecule has 0 saturated carbocycles. The Labute approximate surface area is 118 Å². The van der Waals surface area contributed by atoms with Gasteiger partial charge in [0.05, 0.1) is 5.02 Å². The van der Waals surface area contributed by atoms with Crippen molar-refractivity contribution in [2.24, 2.45) is 0 Å². The Bertz CT molecular complexity index is 366. The minimum atomic E-state index is 0.207. The summed E-state index contributed by atoms with van der Waals surface area (Å²) in [5.74, 6) is 0.990. The van der Waals surface area contributed by atoms with Crippen LogP contribution in [0.15, 0.2) is 23.1 Å². The second-order valence-electron chi connectivity index (χ2n) is 4.59. The first-order valence-electron chi connectivity index (χ1n) is 5.77. The summed E-state index contributed by atoms with van der Waals surface area (Å²) in [6, 6.07) is 5.57. The van der Waals surface area contributed by atoms with E-state index < -0.39 is 0 Å². The fourth-order valence-electron chi connectivity index (χ4n) is 1.26. The Morgan fingerprint density at radius 3 is 2.65 bits per heavy atom. The number of thioether (sulfide) groups is 1. The molecule has 17 heavy (non-hydrogen) atoms. The Morgan fingerprint density at radius 2 is 2.00 bits per heavy atom. The maximum absolute atomic E-state index is 6.09. The molecule has 0 amide bonds. The van der Waals surface area contributed by atoms with Crippen molar-refractivity contribution in [2.45, 2.75) is 37.6 Å². The van der Waals surface area contributed by atoms with E-state index in [1.165, 1.54) is 0 Å². The van der Waals surface area contributed by atoms with Crippen molar-refractivity contribution < 1.29 is 0 Å². The SMILES string of the molecule is CCC(C)(C)NCCSc1cc(Cl)ccc1Cl. The Morgan fingerprint density at radius 1 is 1.29 bits per heavy atom. The highest BCUT2D eigenvalue weighted by molar-refractivity contribution is 7.99. The van der Waals surface area contributed by atoms with Gasteiger partial charge in [0.2, 0.25) is 0 Å². The summed E-state index contributed by atoms with van der Waals surface area (Å²) in [7, 11) is 0. The van der Waals surface area contributed by atoms with Crippen molar-refractivity contribution in [3.63, 3.8) is 0 Å². The van der Waals surface area contributed by atoms with Crippen molar-refractivity contribution in [2.75, 3.05) is 12.3 Å². The number of hydrogen-bond acceptors (Lipinski definition) is 2. The molecule has 4 heteroatoms. The first kappa shape index (κ1) is 15.2. The van der Waals surface area contributed by atoms with E-state index in [-0.39, 0.29) is 5.54 Å². The van der Waals surface area contributed by atoms with Gasteiger partial charge in [-0.05, 0) is 38.5 Å². The van der Waals surface area contributed by atoms with E-state index in [1.54, 1.807) is 11.8 Å². The molecule has 0 aliphatic heterocycles. The number of halogens is 2. The molecule has 0 spiro atoms. The molecule has 0 bridgehead atoms. The molecule has 0 aliphatic rings. The predicted octanol–water partition coefficient (Wildman–Crippen LogP) is 4.86. The van der Waals surface area contributed by atoms with E-state index in [9.17, 15) is 0 Å². The van der Waals surface area contributed by atoms with Gasteiger partial charge in [0, 0.05) is 27.8 Å². The van der Waals surface area contributed by atoms with E-state index >= 15 is 0 Å². The second kappa shape index (κ2) is 6.89. The smallest absolute Gasteiger partial charge is 0.0542 e. The van der Waals surface area contributed by atoms with Crippen LogP contribution in [0.5, 0.6) is 0 Å². The average molecular weight is 292 g/mol. The predicted molar refractivity (Wildman–Crippen MR) is 79.6 cm³/mol. The van der Waals surface area contributed by atoms with Crippen molar-refractivity contribution in [3.05, 3.63) is 28.2 Å². The van der Waals surface area contributed by atoms with Gasteiger partial charge in [0.25, 0.3) is 0 Å². The van der Waals surface area contributed by atoms with Gasteiger partial charge >= 0.3 is 0 Å². The van der Waals surface area contributed by atoms with Crippen LogP contribution >= 0.6 is 35.0 Å². The molecule has 0 radical (unpaired) electrons. The fraction of sp³-hybridized carbons (Fsp3) is 0.538. The molecule has 0 unspecified atom stereocenters. The minimum Gasteiger partial charge on any atom is -0.311 e. The molecule has 0 atom stereocenters. The maximum atomic E-state index is 6.09. The van der Waals surface area contributed by atoms with Crippen molar-refractivity contribution in [3.8, 4) is 0 Å². The molecule has 0 saturated heterocycles. The zero-order valence-corrected chi connectivity index (χ0v) is 12.8. The van der Waals surface area contributed by atoms with Crippen LogP contribution in [0.4, 0.5) is 0 Å². The Balaban J connectivity index is 2.38. The van der Waals surface area contributed by atoms with E-state index in [4.69, 9.17) is 23.2 Å². The highest BCUT2D eigenvalue weighted by atomic mass is 35.5. The molecule has 0 fully saturated rings. The minimum absolute atomic E-state index is 0.207. The number of hydrogen-bond donors (Lipinski definition) is 1.